The highest BCUT2D eigenvalue weighted by Crippen LogP contribution is 2.36. The summed E-state index contributed by atoms with van der Waals surface area (Å²) >= 11 is 0. The van der Waals surface area contributed by atoms with Gasteiger partial charge in [-0.05, 0) is 31.1 Å². The van der Waals surface area contributed by atoms with Crippen LogP contribution < -0.4 is 0 Å². The minimum atomic E-state index is 0.0984. The van der Waals surface area contributed by atoms with Gasteiger partial charge in [-0.15, -0.1) is 0 Å². The second-order valence-electron chi connectivity index (χ2n) is 7.19. The molecule has 1 fully saturated rings. The van der Waals surface area contributed by atoms with Gasteiger partial charge in [-0.2, -0.15) is 0 Å². The summed E-state index contributed by atoms with van der Waals surface area (Å²) in [6.45, 7) is 10.9. The average Bonchev–Trinajstić information content (AvgIpc) is 2.45. The molecule has 0 aromatic rings. The molecule has 0 heterocycles. The second kappa shape index (κ2) is 8.74. The SMILES string of the molecule is C=C(OC)C(C)(C)CC[C@@H]([CH]C1CCCCC1)CCC. The van der Waals surface area contributed by atoms with Gasteiger partial charge in [-0.3, -0.25) is 0 Å². The van der Waals surface area contributed by atoms with E-state index in [2.05, 4.69) is 33.8 Å². The van der Waals surface area contributed by atoms with Crippen LogP contribution in [0.3, 0.4) is 0 Å². The van der Waals surface area contributed by atoms with Crippen molar-refractivity contribution in [3.63, 3.8) is 0 Å². The van der Waals surface area contributed by atoms with E-state index in [4.69, 9.17) is 4.74 Å². The normalized spacial score (nSPS) is 18.8. The Hall–Kier alpha value is -0.460. The zero-order valence-corrected chi connectivity index (χ0v) is 14.2. The van der Waals surface area contributed by atoms with Crippen LogP contribution >= 0.6 is 0 Å². The number of hydrogen-bond acceptors (Lipinski definition) is 1. The van der Waals surface area contributed by atoms with Gasteiger partial charge in [0, 0.05) is 5.41 Å². The van der Waals surface area contributed by atoms with Gasteiger partial charge < -0.3 is 4.74 Å². The van der Waals surface area contributed by atoms with Gasteiger partial charge in [0.05, 0.1) is 12.9 Å². The van der Waals surface area contributed by atoms with Gasteiger partial charge in [0.25, 0.3) is 0 Å². The van der Waals surface area contributed by atoms with Crippen LogP contribution in [-0.4, -0.2) is 7.11 Å². The summed E-state index contributed by atoms with van der Waals surface area (Å²) in [6.07, 6.45) is 14.9. The van der Waals surface area contributed by atoms with Crippen molar-refractivity contribution >= 4 is 0 Å². The summed E-state index contributed by atoms with van der Waals surface area (Å²) in [5.74, 6) is 2.59. The van der Waals surface area contributed by atoms with E-state index in [0.717, 1.165) is 17.6 Å². The number of allylic oxidation sites excluding steroid dienone is 1. The Morgan fingerprint density at radius 2 is 1.90 bits per heavy atom. The Bertz CT molecular complexity index is 273. The largest absolute Gasteiger partial charge is 0.501 e. The van der Waals surface area contributed by atoms with Gasteiger partial charge >= 0.3 is 0 Å². The molecule has 0 aromatic carbocycles. The summed E-state index contributed by atoms with van der Waals surface area (Å²) < 4.78 is 5.35. The Labute approximate surface area is 127 Å². The lowest BCUT2D eigenvalue weighted by atomic mass is 9.77. The van der Waals surface area contributed by atoms with Crippen molar-refractivity contribution in [2.75, 3.05) is 7.11 Å². The molecule has 1 heteroatoms. The highest BCUT2D eigenvalue weighted by Gasteiger charge is 2.25. The molecule has 0 N–H and O–H groups in total. The van der Waals surface area contributed by atoms with Crippen LogP contribution in [0.25, 0.3) is 0 Å². The quantitative estimate of drug-likeness (QED) is 0.460. The fraction of sp³-hybridized carbons (Fsp3) is 0.842. The summed E-state index contributed by atoms with van der Waals surface area (Å²) in [7, 11) is 1.74. The lowest BCUT2D eigenvalue weighted by Gasteiger charge is -2.30. The van der Waals surface area contributed by atoms with Crippen molar-refractivity contribution in [1.82, 2.24) is 0 Å². The van der Waals surface area contributed by atoms with Gasteiger partial charge in [-0.25, -0.2) is 0 Å². The molecule has 0 aromatic heterocycles. The van der Waals surface area contributed by atoms with Crippen molar-refractivity contribution < 1.29 is 4.74 Å². The topological polar surface area (TPSA) is 9.23 Å². The molecule has 1 rings (SSSR count). The van der Waals surface area contributed by atoms with E-state index in [1.807, 2.05) is 0 Å². The van der Waals surface area contributed by atoms with Crippen LogP contribution in [0.5, 0.6) is 0 Å². The van der Waals surface area contributed by atoms with Crippen LogP contribution in [0.4, 0.5) is 0 Å². The monoisotopic (exact) mass is 279 g/mol. The Balaban J connectivity index is 2.43. The maximum absolute atomic E-state index is 5.35. The first-order valence-corrected chi connectivity index (χ1v) is 8.58. The second-order valence-corrected chi connectivity index (χ2v) is 7.19. The first kappa shape index (κ1) is 17.6. The molecule has 1 aliphatic rings. The molecule has 0 bridgehead atoms. The molecule has 1 saturated carbocycles. The standard InChI is InChI=1S/C19H35O/c1-6-10-17(15-18-11-8-7-9-12-18)13-14-19(3,4)16(2)20-5/h15,17-18H,2,6-14H2,1,3-5H3/t17-/m0/s1. The Morgan fingerprint density at radius 1 is 1.25 bits per heavy atom. The number of rotatable bonds is 9. The highest BCUT2D eigenvalue weighted by molar-refractivity contribution is 4.99. The molecule has 20 heavy (non-hydrogen) atoms. The third kappa shape index (κ3) is 5.89. The van der Waals surface area contributed by atoms with Crippen molar-refractivity contribution in [1.29, 1.82) is 0 Å². The molecule has 1 radical (unpaired) electrons. The van der Waals surface area contributed by atoms with Gasteiger partial charge in [-0.1, -0.05) is 72.3 Å². The molecule has 1 aliphatic carbocycles. The maximum Gasteiger partial charge on any atom is 0.0939 e. The molecule has 0 unspecified atom stereocenters. The van der Waals surface area contributed by atoms with Crippen LogP contribution in [0, 0.1) is 23.7 Å². The molecule has 117 valence electrons. The molecule has 0 amide bonds. The third-order valence-electron chi connectivity index (χ3n) is 5.00. The highest BCUT2D eigenvalue weighted by atomic mass is 16.5. The van der Waals surface area contributed by atoms with Gasteiger partial charge in [0.1, 0.15) is 0 Å². The fourth-order valence-corrected chi connectivity index (χ4v) is 3.38. The molecule has 0 spiro atoms. The van der Waals surface area contributed by atoms with E-state index in [0.29, 0.717) is 0 Å². The molecular weight excluding hydrogens is 244 g/mol. The summed E-state index contributed by atoms with van der Waals surface area (Å²) in [4.78, 5) is 0. The zero-order chi connectivity index (χ0) is 15.0. The predicted molar refractivity (Wildman–Crippen MR) is 88.4 cm³/mol. The minimum absolute atomic E-state index is 0.0984. The molecule has 1 nitrogen and oxygen atoms in total. The molecule has 1 atom stereocenters. The minimum Gasteiger partial charge on any atom is -0.501 e. The van der Waals surface area contributed by atoms with Crippen LogP contribution in [0.2, 0.25) is 0 Å². The third-order valence-corrected chi connectivity index (χ3v) is 5.00. The first-order chi connectivity index (χ1) is 9.49. The summed E-state index contributed by atoms with van der Waals surface area (Å²) in [5, 5.41) is 0. The lowest BCUT2D eigenvalue weighted by molar-refractivity contribution is 0.178. The van der Waals surface area contributed by atoms with Crippen LogP contribution in [-0.2, 0) is 4.74 Å². The number of hydrogen-bond donors (Lipinski definition) is 0. The molecule has 0 aliphatic heterocycles. The van der Waals surface area contributed by atoms with E-state index in [9.17, 15) is 0 Å². The van der Waals surface area contributed by atoms with Crippen LogP contribution in [0.1, 0.15) is 78.6 Å². The fourth-order valence-electron chi connectivity index (χ4n) is 3.38. The lowest BCUT2D eigenvalue weighted by Crippen LogP contribution is -2.19. The van der Waals surface area contributed by atoms with Crippen LogP contribution in [0.15, 0.2) is 12.3 Å². The molecule has 0 saturated heterocycles. The predicted octanol–water partition coefficient (Wildman–Crippen LogP) is 6.15. The summed E-state index contributed by atoms with van der Waals surface area (Å²) in [6, 6.07) is 0. The Morgan fingerprint density at radius 3 is 2.45 bits per heavy atom. The zero-order valence-electron chi connectivity index (χ0n) is 14.2. The van der Waals surface area contributed by atoms with Crippen molar-refractivity contribution in [3.8, 4) is 0 Å². The average molecular weight is 279 g/mol. The maximum atomic E-state index is 5.35. The molecular formula is C19H35O. The summed E-state index contributed by atoms with van der Waals surface area (Å²) in [5.41, 5.74) is 0.0984. The first-order valence-electron chi connectivity index (χ1n) is 8.58. The van der Waals surface area contributed by atoms with Crippen molar-refractivity contribution in [2.24, 2.45) is 17.3 Å². The van der Waals surface area contributed by atoms with Gasteiger partial charge in [0.2, 0.25) is 0 Å². The van der Waals surface area contributed by atoms with Crippen molar-refractivity contribution in [3.05, 3.63) is 18.8 Å². The van der Waals surface area contributed by atoms with E-state index in [1.54, 1.807) is 7.11 Å². The van der Waals surface area contributed by atoms with E-state index < -0.39 is 0 Å². The van der Waals surface area contributed by atoms with Gasteiger partial charge in [0.15, 0.2) is 0 Å². The van der Waals surface area contributed by atoms with E-state index in [-0.39, 0.29) is 5.41 Å². The van der Waals surface area contributed by atoms with Crippen molar-refractivity contribution in [2.45, 2.75) is 78.6 Å². The van der Waals surface area contributed by atoms with E-state index >= 15 is 0 Å². The Kier molecular flexibility index (Phi) is 7.69. The smallest absolute Gasteiger partial charge is 0.0939 e. The number of ether oxygens (including phenoxy) is 1. The van der Waals surface area contributed by atoms with E-state index in [1.165, 1.54) is 57.8 Å². The number of methoxy groups -OCH3 is 1.